The van der Waals surface area contributed by atoms with Crippen LogP contribution in [0.2, 0.25) is 5.02 Å². The molecule has 0 aliphatic heterocycles. The number of hydrogen-bond acceptors (Lipinski definition) is 6. The van der Waals surface area contributed by atoms with Crippen molar-refractivity contribution in [3.63, 3.8) is 0 Å². The van der Waals surface area contributed by atoms with E-state index in [4.69, 9.17) is 11.6 Å². The summed E-state index contributed by atoms with van der Waals surface area (Å²) in [5.41, 5.74) is 3.52. The van der Waals surface area contributed by atoms with E-state index < -0.39 is 15.7 Å². The minimum absolute atomic E-state index is 0.00724. The van der Waals surface area contributed by atoms with Gasteiger partial charge in [0.1, 0.15) is 18.0 Å². The predicted molar refractivity (Wildman–Crippen MR) is 116 cm³/mol. The molecule has 0 aliphatic rings. The molecule has 0 fully saturated rings. The number of sulfone groups is 1. The number of anilines is 2. The van der Waals surface area contributed by atoms with Crippen molar-refractivity contribution in [1.29, 1.82) is 0 Å². The molecule has 4 aromatic rings. The van der Waals surface area contributed by atoms with E-state index in [0.29, 0.717) is 22.6 Å². The van der Waals surface area contributed by atoms with Gasteiger partial charge in [0, 0.05) is 35.3 Å². The molecule has 0 amide bonds. The third kappa shape index (κ3) is 4.55. The highest BCUT2D eigenvalue weighted by Crippen LogP contribution is 2.29. The summed E-state index contributed by atoms with van der Waals surface area (Å²) in [4.78, 5) is 12.8. The van der Waals surface area contributed by atoms with Gasteiger partial charge in [-0.2, -0.15) is 0 Å². The number of nitrogens with zero attached hydrogens (tertiary/aromatic N) is 3. The minimum atomic E-state index is -3.17. The van der Waals surface area contributed by atoms with Crippen LogP contribution in [0.1, 0.15) is 5.56 Å². The summed E-state index contributed by atoms with van der Waals surface area (Å²) in [6, 6.07) is 11.7. The molecule has 2 heterocycles. The minimum Gasteiger partial charge on any atom is -0.340 e. The molecule has 0 atom stereocenters. The van der Waals surface area contributed by atoms with E-state index in [1.165, 1.54) is 24.7 Å². The van der Waals surface area contributed by atoms with Gasteiger partial charge in [-0.05, 0) is 47.5 Å². The molecule has 2 aromatic carbocycles. The second-order valence-corrected chi connectivity index (χ2v) is 9.41. The zero-order valence-corrected chi connectivity index (χ0v) is 17.4. The van der Waals surface area contributed by atoms with Crippen molar-refractivity contribution in [3.05, 3.63) is 77.6 Å². The van der Waals surface area contributed by atoms with E-state index in [-0.39, 0.29) is 10.8 Å². The van der Waals surface area contributed by atoms with Crippen LogP contribution in [0.4, 0.5) is 15.9 Å². The predicted octanol–water partition coefficient (Wildman–Crippen LogP) is 4.77. The van der Waals surface area contributed by atoms with Crippen LogP contribution >= 0.6 is 11.6 Å². The second kappa shape index (κ2) is 7.97. The maximum atomic E-state index is 13.4. The van der Waals surface area contributed by atoms with Crippen LogP contribution in [0.3, 0.4) is 0 Å². The van der Waals surface area contributed by atoms with E-state index in [1.807, 2.05) is 18.2 Å². The number of halogens is 2. The maximum absolute atomic E-state index is 13.4. The summed E-state index contributed by atoms with van der Waals surface area (Å²) in [7, 11) is -3.17. The maximum Gasteiger partial charge on any atom is 0.151 e. The van der Waals surface area contributed by atoms with Crippen LogP contribution in [0, 0.1) is 5.82 Å². The van der Waals surface area contributed by atoms with Crippen LogP contribution in [-0.4, -0.2) is 29.6 Å². The number of hydrogen-bond donors (Lipinski definition) is 1. The van der Waals surface area contributed by atoms with Crippen molar-refractivity contribution in [2.24, 2.45) is 0 Å². The zero-order valence-electron chi connectivity index (χ0n) is 15.8. The summed E-state index contributed by atoms with van der Waals surface area (Å²) in [5, 5.41) is 3.89. The van der Waals surface area contributed by atoms with Crippen LogP contribution in [0.15, 0.2) is 61.2 Å². The van der Waals surface area contributed by atoms with Crippen molar-refractivity contribution >= 4 is 43.8 Å². The SMILES string of the molecule is CS(=O)(=O)Cc1cncc(-c2ccc3ncnc(Nc4ccc(F)c(Cl)c4)c3c2)c1. The Hall–Kier alpha value is -3.10. The number of nitrogens with one attached hydrogen (secondary N) is 1. The summed E-state index contributed by atoms with van der Waals surface area (Å²) < 4.78 is 36.6. The molecule has 6 nitrogen and oxygen atoms in total. The van der Waals surface area contributed by atoms with Gasteiger partial charge in [-0.1, -0.05) is 17.7 Å². The first-order chi connectivity index (χ1) is 14.3. The molecule has 0 aliphatic carbocycles. The zero-order chi connectivity index (χ0) is 21.3. The fraction of sp³-hybridized carbons (Fsp3) is 0.0952. The highest BCUT2D eigenvalue weighted by atomic mass is 35.5. The molecular weight excluding hydrogens is 427 g/mol. The smallest absolute Gasteiger partial charge is 0.151 e. The van der Waals surface area contributed by atoms with E-state index in [0.717, 1.165) is 16.5 Å². The molecule has 0 saturated heterocycles. The molecule has 0 saturated carbocycles. The van der Waals surface area contributed by atoms with Gasteiger partial charge >= 0.3 is 0 Å². The first kappa shape index (κ1) is 20.2. The van der Waals surface area contributed by atoms with Crippen LogP contribution in [0.5, 0.6) is 0 Å². The Morgan fingerprint density at radius 3 is 2.63 bits per heavy atom. The first-order valence-corrected chi connectivity index (χ1v) is 11.3. The largest absolute Gasteiger partial charge is 0.340 e. The van der Waals surface area contributed by atoms with Gasteiger partial charge in [-0.3, -0.25) is 4.98 Å². The van der Waals surface area contributed by atoms with Crippen molar-refractivity contribution in [3.8, 4) is 11.1 Å². The van der Waals surface area contributed by atoms with Gasteiger partial charge in [0.2, 0.25) is 0 Å². The molecule has 2 aromatic heterocycles. The van der Waals surface area contributed by atoms with E-state index in [2.05, 4.69) is 20.3 Å². The summed E-state index contributed by atoms with van der Waals surface area (Å²) in [5.74, 6) is -0.0499. The molecule has 0 spiro atoms. The monoisotopic (exact) mass is 442 g/mol. The first-order valence-electron chi connectivity index (χ1n) is 8.87. The lowest BCUT2D eigenvalue weighted by atomic mass is 10.0. The molecule has 9 heteroatoms. The number of fused-ring (bicyclic) bond motifs is 1. The van der Waals surface area contributed by atoms with E-state index >= 15 is 0 Å². The highest BCUT2D eigenvalue weighted by Gasteiger charge is 2.10. The standard InChI is InChI=1S/C21H16ClFN4O2S/c1-30(28,29)11-13-6-15(10-24-9-13)14-2-5-20-17(7-14)21(26-12-25-20)27-16-3-4-19(23)18(22)8-16/h2-10,12H,11H2,1H3,(H,25,26,27). The Morgan fingerprint density at radius 1 is 1.03 bits per heavy atom. The average molecular weight is 443 g/mol. The van der Waals surface area contributed by atoms with Gasteiger partial charge < -0.3 is 5.32 Å². The summed E-state index contributed by atoms with van der Waals surface area (Å²) in [6.07, 6.45) is 5.83. The topological polar surface area (TPSA) is 84.8 Å². The average Bonchev–Trinajstić information content (AvgIpc) is 2.70. The quantitative estimate of drug-likeness (QED) is 0.479. The van der Waals surface area contributed by atoms with E-state index in [1.54, 1.807) is 24.5 Å². The summed E-state index contributed by atoms with van der Waals surface area (Å²) in [6.45, 7) is 0. The Bertz CT molecular complexity index is 1360. The molecule has 4 rings (SSSR count). The van der Waals surface area contributed by atoms with Gasteiger partial charge in [0.15, 0.2) is 9.84 Å². The Kier molecular flexibility index (Phi) is 5.36. The lowest BCUT2D eigenvalue weighted by molar-refractivity contribution is 0.601. The van der Waals surface area contributed by atoms with Gasteiger partial charge in [-0.15, -0.1) is 0 Å². The van der Waals surface area contributed by atoms with E-state index in [9.17, 15) is 12.8 Å². The number of aromatic nitrogens is 3. The van der Waals surface area contributed by atoms with Crippen molar-refractivity contribution in [1.82, 2.24) is 15.0 Å². The number of benzene rings is 2. The lowest BCUT2D eigenvalue weighted by Gasteiger charge is -2.11. The number of pyridine rings is 1. The van der Waals surface area contributed by atoms with Gasteiger partial charge in [0.25, 0.3) is 0 Å². The second-order valence-electron chi connectivity index (χ2n) is 6.86. The van der Waals surface area contributed by atoms with Crippen molar-refractivity contribution in [2.45, 2.75) is 5.75 Å². The molecule has 0 radical (unpaired) electrons. The molecule has 152 valence electrons. The van der Waals surface area contributed by atoms with Crippen molar-refractivity contribution in [2.75, 3.05) is 11.6 Å². The Morgan fingerprint density at radius 2 is 1.87 bits per heavy atom. The fourth-order valence-electron chi connectivity index (χ4n) is 3.07. The highest BCUT2D eigenvalue weighted by molar-refractivity contribution is 7.89. The molecule has 30 heavy (non-hydrogen) atoms. The molecule has 1 N–H and O–H groups in total. The summed E-state index contributed by atoms with van der Waals surface area (Å²) >= 11 is 5.87. The Labute approximate surface area is 177 Å². The lowest BCUT2D eigenvalue weighted by Crippen LogP contribution is -2.01. The Balaban J connectivity index is 1.74. The normalized spacial score (nSPS) is 11.6. The van der Waals surface area contributed by atoms with Crippen molar-refractivity contribution < 1.29 is 12.8 Å². The van der Waals surface area contributed by atoms with Crippen LogP contribution in [0.25, 0.3) is 22.0 Å². The fourth-order valence-corrected chi connectivity index (χ4v) is 4.02. The van der Waals surface area contributed by atoms with Gasteiger partial charge in [0.05, 0.1) is 16.3 Å². The molecule has 0 unspecified atom stereocenters. The molecule has 0 bridgehead atoms. The van der Waals surface area contributed by atoms with Crippen LogP contribution < -0.4 is 5.32 Å². The van der Waals surface area contributed by atoms with Crippen LogP contribution in [-0.2, 0) is 15.6 Å². The molecular formula is C21H16ClFN4O2S. The third-order valence-corrected chi connectivity index (χ3v) is 5.52. The number of rotatable bonds is 5. The third-order valence-electron chi connectivity index (χ3n) is 4.37. The van der Waals surface area contributed by atoms with Gasteiger partial charge in [-0.25, -0.2) is 22.8 Å².